The van der Waals surface area contributed by atoms with E-state index in [1.807, 2.05) is 20.8 Å². The quantitative estimate of drug-likeness (QED) is 0.277. The van der Waals surface area contributed by atoms with Crippen LogP contribution in [0.15, 0.2) is 30.3 Å². The van der Waals surface area contributed by atoms with Crippen molar-refractivity contribution in [2.45, 2.75) is 26.3 Å². The molecule has 12 heteroatoms. The molecule has 8 nitrogen and oxygen atoms in total. The third-order valence-corrected chi connectivity index (χ3v) is 3.64. The first-order chi connectivity index (χ1) is 12.8. The van der Waals surface area contributed by atoms with Gasteiger partial charge in [-0.3, -0.25) is 10.1 Å². The van der Waals surface area contributed by atoms with Crippen LogP contribution in [0.1, 0.15) is 20.8 Å². The Morgan fingerprint density at radius 1 is 1.11 bits per heavy atom. The number of hydrogen-bond donors (Lipinski definition) is 3. The van der Waals surface area contributed by atoms with E-state index in [0.717, 1.165) is 0 Å². The molecule has 0 bridgehead atoms. The van der Waals surface area contributed by atoms with Gasteiger partial charge in [0, 0.05) is 27.3 Å². The van der Waals surface area contributed by atoms with Crippen molar-refractivity contribution in [3.8, 4) is 11.5 Å². The van der Waals surface area contributed by atoms with E-state index in [1.165, 1.54) is 30.3 Å². The topological polar surface area (TPSA) is 122 Å². The van der Waals surface area contributed by atoms with Crippen molar-refractivity contribution in [2.24, 2.45) is 0 Å². The summed E-state index contributed by atoms with van der Waals surface area (Å²) in [4.78, 5) is 25.0. The van der Waals surface area contributed by atoms with Crippen LogP contribution in [-0.4, -0.2) is 20.2 Å². The minimum atomic E-state index is -2.87. The van der Waals surface area contributed by atoms with E-state index < -0.39 is 13.2 Å². The van der Waals surface area contributed by atoms with Gasteiger partial charge in [-0.2, -0.15) is 0 Å². The van der Waals surface area contributed by atoms with Crippen molar-refractivity contribution in [3.63, 3.8) is 0 Å². The first kappa shape index (κ1) is 24.4. The Morgan fingerprint density at radius 2 is 1.61 bits per heavy atom. The molecule has 0 aliphatic carbocycles. The molecule has 0 atom stereocenters. The van der Waals surface area contributed by atoms with Gasteiger partial charge in [0.05, 0.1) is 15.0 Å². The molecule has 2 rings (SSSR count). The number of hydrogen-bond acceptors (Lipinski definition) is 5. The van der Waals surface area contributed by atoms with Gasteiger partial charge in [-0.1, -0.05) is 34.8 Å². The molecule has 0 saturated heterocycles. The molecule has 3 N–H and O–H groups in total. The van der Waals surface area contributed by atoms with Crippen molar-refractivity contribution in [3.05, 3.63) is 55.5 Å². The first-order valence-corrected chi connectivity index (χ1v) is 9.84. The van der Waals surface area contributed by atoms with Gasteiger partial charge < -0.3 is 10.1 Å². The van der Waals surface area contributed by atoms with E-state index in [-0.39, 0.29) is 27.0 Å². The molecule has 2 aromatic rings. The van der Waals surface area contributed by atoms with Crippen molar-refractivity contribution in [2.75, 3.05) is 5.32 Å². The lowest BCUT2D eigenvalue weighted by molar-refractivity contribution is -0.384. The highest BCUT2D eigenvalue weighted by Crippen LogP contribution is 2.40. The minimum Gasteiger partial charge on any atom is -0.454 e. The number of anilines is 1. The van der Waals surface area contributed by atoms with Crippen LogP contribution in [-0.2, 0) is 4.57 Å². The average Bonchev–Trinajstić information content (AvgIpc) is 2.48. The molecule has 2 aromatic carbocycles. The lowest BCUT2D eigenvalue weighted by Gasteiger charge is -2.22. The maximum atomic E-state index is 11.2. The summed E-state index contributed by atoms with van der Waals surface area (Å²) in [7, 11) is -2.87. The highest BCUT2D eigenvalue weighted by atomic mass is 35.5. The molecule has 152 valence electrons. The summed E-state index contributed by atoms with van der Waals surface area (Å²) in [6.07, 6.45) is 0. The molecule has 0 spiro atoms. The number of nitrogens with zero attached hydrogens (tertiary/aromatic N) is 1. The van der Waals surface area contributed by atoms with E-state index >= 15 is 0 Å². The van der Waals surface area contributed by atoms with Crippen molar-refractivity contribution in [1.29, 1.82) is 0 Å². The molecule has 0 saturated carbocycles. The fourth-order valence-corrected chi connectivity index (χ4v) is 2.88. The Bertz CT molecular complexity index is 862. The van der Waals surface area contributed by atoms with E-state index in [1.54, 1.807) is 0 Å². The van der Waals surface area contributed by atoms with Gasteiger partial charge in [0.1, 0.15) is 11.4 Å². The van der Waals surface area contributed by atoms with Gasteiger partial charge >= 0.3 is 8.25 Å². The van der Waals surface area contributed by atoms with Crippen LogP contribution in [0, 0.1) is 10.1 Å². The van der Waals surface area contributed by atoms with Crippen molar-refractivity contribution >= 4 is 54.4 Å². The Labute approximate surface area is 177 Å². The summed E-state index contributed by atoms with van der Waals surface area (Å²) >= 11 is 18.1. The van der Waals surface area contributed by atoms with E-state index in [9.17, 15) is 10.1 Å². The Balaban J connectivity index is 0.000000892. The summed E-state index contributed by atoms with van der Waals surface area (Å²) < 4.78 is 14.4. The second kappa shape index (κ2) is 10.2. The van der Waals surface area contributed by atoms with E-state index in [4.69, 9.17) is 53.9 Å². The summed E-state index contributed by atoms with van der Waals surface area (Å²) in [5.74, 6) is 0.594. The molecule has 28 heavy (non-hydrogen) atoms. The predicted molar refractivity (Wildman–Crippen MR) is 110 cm³/mol. The van der Waals surface area contributed by atoms with E-state index in [2.05, 4.69) is 5.32 Å². The van der Waals surface area contributed by atoms with Crippen LogP contribution in [0.3, 0.4) is 0 Å². The average molecular weight is 471 g/mol. The number of halogens is 3. The van der Waals surface area contributed by atoms with Crippen LogP contribution < -0.4 is 10.1 Å². The fraction of sp³-hybridized carbons (Fsp3) is 0.250. The predicted octanol–water partition coefficient (Wildman–Crippen LogP) is 6.19. The largest absolute Gasteiger partial charge is 0.692 e. The van der Waals surface area contributed by atoms with Crippen LogP contribution in [0.2, 0.25) is 15.1 Å². The van der Waals surface area contributed by atoms with Gasteiger partial charge in [0.2, 0.25) is 0 Å². The monoisotopic (exact) mass is 469 g/mol. The molecular formula is C16H17Cl3N2O6P+. The molecular weight excluding hydrogens is 454 g/mol. The Kier molecular flexibility index (Phi) is 8.88. The number of benzene rings is 2. The van der Waals surface area contributed by atoms with Crippen LogP contribution in [0.4, 0.5) is 11.4 Å². The maximum absolute atomic E-state index is 11.2. The molecule has 0 fully saturated rings. The summed E-state index contributed by atoms with van der Waals surface area (Å²) in [5.41, 5.74) is -0.0735. The summed E-state index contributed by atoms with van der Waals surface area (Å²) in [6, 6.07) is 7.38. The number of ether oxygens (including phenoxy) is 1. The van der Waals surface area contributed by atoms with Gasteiger partial charge in [-0.15, -0.1) is 9.79 Å². The molecule has 0 heterocycles. The smallest absolute Gasteiger partial charge is 0.454 e. The zero-order chi connectivity index (χ0) is 21.6. The normalized spacial score (nSPS) is 10.6. The first-order valence-electron chi connectivity index (χ1n) is 7.54. The standard InChI is InChI=1S/C16H15Cl3N2O3.HO3P/c1-16(2,3)20-13-8-10(4-5-14(13)21(22)23)24-15-11(18)6-9(17)7-12(15)19;1-4(2)3/h4-8,20H,1-3H3;(H-,1,2,3)/p+1. The lowest BCUT2D eigenvalue weighted by atomic mass is 10.1. The number of nitro groups is 1. The third kappa shape index (κ3) is 8.14. The highest BCUT2D eigenvalue weighted by molar-refractivity contribution is 7.30. The minimum absolute atomic E-state index is 0.0504. The zero-order valence-electron chi connectivity index (χ0n) is 14.9. The van der Waals surface area contributed by atoms with Gasteiger partial charge in [-0.05, 0) is 39.0 Å². The van der Waals surface area contributed by atoms with Gasteiger partial charge in [-0.25, -0.2) is 0 Å². The van der Waals surface area contributed by atoms with Crippen molar-refractivity contribution in [1.82, 2.24) is 0 Å². The molecule has 0 radical (unpaired) electrons. The summed E-state index contributed by atoms with van der Waals surface area (Å²) in [6.45, 7) is 5.70. The van der Waals surface area contributed by atoms with E-state index in [0.29, 0.717) is 16.5 Å². The molecule has 0 aromatic heterocycles. The number of nitrogens with one attached hydrogen (secondary N) is 1. The third-order valence-electron chi connectivity index (χ3n) is 2.86. The molecule has 0 aliphatic heterocycles. The van der Waals surface area contributed by atoms with Crippen LogP contribution >= 0.6 is 43.1 Å². The van der Waals surface area contributed by atoms with Gasteiger partial charge in [0.25, 0.3) is 5.69 Å². The molecule has 0 aliphatic rings. The fourth-order valence-electron chi connectivity index (χ4n) is 1.99. The maximum Gasteiger partial charge on any atom is 0.692 e. The van der Waals surface area contributed by atoms with Crippen LogP contribution in [0.5, 0.6) is 11.5 Å². The zero-order valence-corrected chi connectivity index (χ0v) is 18.1. The SMILES string of the molecule is CC(C)(C)Nc1cc(Oc2c(Cl)cc(Cl)cc2Cl)ccc1[N+](=O)[O-].O=[P+](O)O. The van der Waals surface area contributed by atoms with Gasteiger partial charge in [0.15, 0.2) is 5.75 Å². The second-order valence-electron chi connectivity index (χ2n) is 6.36. The number of rotatable bonds is 4. The lowest BCUT2D eigenvalue weighted by Crippen LogP contribution is -2.26. The Morgan fingerprint density at radius 3 is 2.04 bits per heavy atom. The number of nitro benzene ring substituents is 1. The Hall–Kier alpha value is -1.67. The summed E-state index contributed by atoms with van der Waals surface area (Å²) in [5, 5.41) is 15.2. The highest BCUT2D eigenvalue weighted by Gasteiger charge is 2.20. The molecule has 0 unspecified atom stereocenters. The molecule has 0 amide bonds. The van der Waals surface area contributed by atoms with Crippen molar-refractivity contribution < 1.29 is 24.0 Å². The second-order valence-corrected chi connectivity index (χ2v) is 8.12. The van der Waals surface area contributed by atoms with Crippen LogP contribution in [0.25, 0.3) is 0 Å².